The summed E-state index contributed by atoms with van der Waals surface area (Å²) in [5, 5.41) is 19.3. The Morgan fingerprint density at radius 3 is 2.33 bits per heavy atom. The van der Waals surface area contributed by atoms with Crippen LogP contribution in [0.5, 0.6) is 0 Å². The van der Waals surface area contributed by atoms with E-state index in [4.69, 9.17) is 5.11 Å². The highest BCUT2D eigenvalue weighted by atomic mass is 16.3. The van der Waals surface area contributed by atoms with E-state index in [9.17, 15) is 5.11 Å². The fourth-order valence-electron chi connectivity index (χ4n) is 3.08. The van der Waals surface area contributed by atoms with Crippen molar-refractivity contribution in [3.8, 4) is 0 Å². The second-order valence-corrected chi connectivity index (χ2v) is 6.46. The average Bonchev–Trinajstić information content (AvgIpc) is 2.30. The van der Waals surface area contributed by atoms with Crippen LogP contribution in [0.4, 0.5) is 0 Å². The third-order valence-electron chi connectivity index (χ3n) is 4.51. The van der Waals surface area contributed by atoms with Crippen LogP contribution in [0, 0.1) is 17.8 Å². The predicted molar refractivity (Wildman–Crippen MR) is 75.5 cm³/mol. The van der Waals surface area contributed by atoms with Crippen LogP contribution in [0.1, 0.15) is 47.0 Å². The van der Waals surface area contributed by atoms with Crippen LogP contribution in [0.15, 0.2) is 0 Å². The molecule has 18 heavy (non-hydrogen) atoms. The molecule has 1 rings (SSSR count). The molecule has 0 amide bonds. The Labute approximate surface area is 112 Å². The van der Waals surface area contributed by atoms with Crippen molar-refractivity contribution < 1.29 is 10.2 Å². The number of aliphatic hydroxyl groups is 2. The number of hydrogen-bond acceptors (Lipinski definition) is 3. The van der Waals surface area contributed by atoms with Crippen LogP contribution in [0.25, 0.3) is 0 Å². The quantitative estimate of drug-likeness (QED) is 0.766. The zero-order valence-corrected chi connectivity index (χ0v) is 12.5. The van der Waals surface area contributed by atoms with Crippen molar-refractivity contribution in [2.24, 2.45) is 17.8 Å². The molecule has 1 aliphatic rings. The summed E-state index contributed by atoms with van der Waals surface area (Å²) in [6.45, 7) is 10.7. The van der Waals surface area contributed by atoms with Crippen molar-refractivity contribution in [1.29, 1.82) is 0 Å². The molecule has 3 atom stereocenters. The molecule has 1 saturated carbocycles. The second kappa shape index (κ2) is 7.46. The summed E-state index contributed by atoms with van der Waals surface area (Å²) < 4.78 is 0. The minimum absolute atomic E-state index is 0.153. The van der Waals surface area contributed by atoms with Crippen LogP contribution in [0.2, 0.25) is 0 Å². The topological polar surface area (TPSA) is 43.7 Å². The first-order valence-corrected chi connectivity index (χ1v) is 7.48. The van der Waals surface area contributed by atoms with Gasteiger partial charge in [-0.15, -0.1) is 0 Å². The van der Waals surface area contributed by atoms with Crippen molar-refractivity contribution in [2.45, 2.75) is 59.1 Å². The molecule has 3 unspecified atom stereocenters. The normalized spacial score (nSPS) is 29.5. The first-order chi connectivity index (χ1) is 8.45. The first kappa shape index (κ1) is 15.9. The van der Waals surface area contributed by atoms with Gasteiger partial charge in [0, 0.05) is 19.1 Å². The Bertz CT molecular complexity index is 231. The molecule has 1 fully saturated rings. The van der Waals surface area contributed by atoms with Crippen molar-refractivity contribution >= 4 is 0 Å². The molecular weight excluding hydrogens is 226 g/mol. The van der Waals surface area contributed by atoms with Crippen molar-refractivity contribution in [3.05, 3.63) is 0 Å². The molecule has 1 aliphatic carbocycles. The van der Waals surface area contributed by atoms with Gasteiger partial charge in [-0.3, -0.25) is 4.90 Å². The fraction of sp³-hybridized carbons (Fsp3) is 1.00. The van der Waals surface area contributed by atoms with Gasteiger partial charge < -0.3 is 10.2 Å². The zero-order valence-electron chi connectivity index (χ0n) is 12.5. The van der Waals surface area contributed by atoms with Gasteiger partial charge in [-0.1, -0.05) is 13.8 Å². The summed E-state index contributed by atoms with van der Waals surface area (Å²) >= 11 is 0. The molecular formula is C15H31NO2. The van der Waals surface area contributed by atoms with Gasteiger partial charge in [-0.25, -0.2) is 0 Å². The summed E-state index contributed by atoms with van der Waals surface area (Å²) in [5.41, 5.74) is 0. The summed E-state index contributed by atoms with van der Waals surface area (Å²) in [7, 11) is 0. The molecule has 0 aromatic heterocycles. The van der Waals surface area contributed by atoms with Crippen LogP contribution in [0.3, 0.4) is 0 Å². The predicted octanol–water partition coefficient (Wildman–Crippen LogP) is 2.12. The third kappa shape index (κ3) is 4.52. The fourth-order valence-corrected chi connectivity index (χ4v) is 3.08. The lowest BCUT2D eigenvalue weighted by Gasteiger charge is -2.39. The molecule has 0 aliphatic heterocycles. The Morgan fingerprint density at radius 2 is 1.83 bits per heavy atom. The molecule has 108 valence electrons. The lowest BCUT2D eigenvalue weighted by atomic mass is 9.74. The number of rotatable bonds is 6. The highest BCUT2D eigenvalue weighted by Crippen LogP contribution is 2.34. The van der Waals surface area contributed by atoms with Crippen molar-refractivity contribution in [2.75, 3.05) is 19.7 Å². The monoisotopic (exact) mass is 257 g/mol. The van der Waals surface area contributed by atoms with Gasteiger partial charge in [-0.05, 0) is 50.9 Å². The molecule has 0 aromatic rings. The molecule has 0 saturated heterocycles. The molecule has 0 aromatic carbocycles. The van der Waals surface area contributed by atoms with Gasteiger partial charge in [0.05, 0.1) is 12.7 Å². The minimum Gasteiger partial charge on any atom is -0.395 e. The van der Waals surface area contributed by atoms with E-state index in [1.807, 2.05) is 0 Å². The van der Waals surface area contributed by atoms with Gasteiger partial charge in [0.25, 0.3) is 0 Å². The molecule has 2 N–H and O–H groups in total. The lowest BCUT2D eigenvalue weighted by molar-refractivity contribution is 0.0102. The maximum Gasteiger partial charge on any atom is 0.0580 e. The van der Waals surface area contributed by atoms with Crippen LogP contribution in [-0.2, 0) is 0 Å². The minimum atomic E-state index is -0.153. The standard InChI is InChI=1S/C15H31NO2/c1-11(2)13-5-6-15(18)14(9-13)10-16(7-8-17)12(3)4/h11-15,17-18H,5-10H2,1-4H3. The van der Waals surface area contributed by atoms with Crippen molar-refractivity contribution in [3.63, 3.8) is 0 Å². The third-order valence-corrected chi connectivity index (χ3v) is 4.51. The average molecular weight is 257 g/mol. The molecule has 0 spiro atoms. The summed E-state index contributed by atoms with van der Waals surface area (Å²) in [6.07, 6.45) is 3.09. The largest absolute Gasteiger partial charge is 0.395 e. The zero-order chi connectivity index (χ0) is 13.7. The SMILES string of the molecule is CC(C)C1CCC(O)C(CN(CCO)C(C)C)C1. The van der Waals surface area contributed by atoms with E-state index in [0.717, 1.165) is 31.7 Å². The van der Waals surface area contributed by atoms with Crippen LogP contribution in [-0.4, -0.2) is 47.0 Å². The van der Waals surface area contributed by atoms with Gasteiger partial charge in [0.2, 0.25) is 0 Å². The van der Waals surface area contributed by atoms with E-state index >= 15 is 0 Å². The van der Waals surface area contributed by atoms with E-state index in [1.165, 1.54) is 0 Å². The maximum absolute atomic E-state index is 10.2. The molecule has 3 heteroatoms. The Kier molecular flexibility index (Phi) is 6.61. The smallest absolute Gasteiger partial charge is 0.0580 e. The van der Waals surface area contributed by atoms with Gasteiger partial charge in [0.15, 0.2) is 0 Å². The van der Waals surface area contributed by atoms with Crippen molar-refractivity contribution in [1.82, 2.24) is 4.90 Å². The summed E-state index contributed by atoms with van der Waals surface area (Å²) in [5.74, 6) is 1.84. The molecule has 0 bridgehead atoms. The van der Waals surface area contributed by atoms with Gasteiger partial charge in [0.1, 0.15) is 0 Å². The van der Waals surface area contributed by atoms with E-state index < -0.39 is 0 Å². The van der Waals surface area contributed by atoms with Crippen LogP contribution >= 0.6 is 0 Å². The second-order valence-electron chi connectivity index (χ2n) is 6.46. The Morgan fingerprint density at radius 1 is 1.17 bits per heavy atom. The number of aliphatic hydroxyl groups excluding tert-OH is 2. The van der Waals surface area contributed by atoms with Crippen LogP contribution < -0.4 is 0 Å². The molecule has 0 radical (unpaired) electrons. The van der Waals surface area contributed by atoms with E-state index in [1.54, 1.807) is 0 Å². The number of hydrogen-bond donors (Lipinski definition) is 2. The van der Waals surface area contributed by atoms with E-state index in [0.29, 0.717) is 24.4 Å². The highest BCUT2D eigenvalue weighted by Gasteiger charge is 2.32. The van der Waals surface area contributed by atoms with E-state index in [2.05, 4.69) is 32.6 Å². The van der Waals surface area contributed by atoms with Gasteiger partial charge in [-0.2, -0.15) is 0 Å². The summed E-state index contributed by atoms with van der Waals surface area (Å²) in [6, 6.07) is 0.434. The number of nitrogens with zero attached hydrogens (tertiary/aromatic N) is 1. The Hall–Kier alpha value is -0.120. The molecule has 3 nitrogen and oxygen atoms in total. The molecule has 0 heterocycles. The summed E-state index contributed by atoms with van der Waals surface area (Å²) in [4.78, 5) is 2.29. The highest BCUT2D eigenvalue weighted by molar-refractivity contribution is 4.83. The maximum atomic E-state index is 10.2. The Balaban J connectivity index is 2.56. The van der Waals surface area contributed by atoms with E-state index in [-0.39, 0.29) is 12.7 Å². The van der Waals surface area contributed by atoms with Gasteiger partial charge >= 0.3 is 0 Å². The first-order valence-electron chi connectivity index (χ1n) is 7.48. The lowest BCUT2D eigenvalue weighted by Crippen LogP contribution is -2.43.